The van der Waals surface area contributed by atoms with Crippen molar-refractivity contribution in [1.29, 1.82) is 0 Å². The Morgan fingerprint density at radius 1 is 1.33 bits per heavy atom. The summed E-state index contributed by atoms with van der Waals surface area (Å²) >= 11 is 6.37. The fourth-order valence-electron chi connectivity index (χ4n) is 4.81. The van der Waals surface area contributed by atoms with E-state index in [9.17, 15) is 9.90 Å². The number of H-pyrrole nitrogens is 1. The topological polar surface area (TPSA) is 118 Å². The van der Waals surface area contributed by atoms with Crippen LogP contribution in [0.3, 0.4) is 0 Å². The van der Waals surface area contributed by atoms with Crippen molar-refractivity contribution in [2.45, 2.75) is 31.3 Å². The van der Waals surface area contributed by atoms with Gasteiger partial charge in [0, 0.05) is 43.1 Å². The number of aromatic nitrogens is 2. The summed E-state index contributed by atoms with van der Waals surface area (Å²) in [5.41, 5.74) is 3.84. The van der Waals surface area contributed by atoms with Crippen LogP contribution in [0.1, 0.15) is 41.2 Å². The van der Waals surface area contributed by atoms with Crippen LogP contribution in [0.4, 0.5) is 11.4 Å². The number of methoxy groups -OCH3 is 1. The molecule has 2 aliphatic rings. The standard InChI is InChI=1S/C26H29ClN4O5/c1-34-25-18(27)5-2-6-19(25)30-24-21-22(15(8-10-32)12-29-26(21)33)31-23(24)17-7-9-28-13-20(17)36-14-16-4-3-11-35-16/h2,5-7,9,13,15-16,30-32H,3-4,8,10-12,14H2,1H3,(H,29,33)/t15-,16-/m0/s1. The van der Waals surface area contributed by atoms with Gasteiger partial charge in [-0.2, -0.15) is 0 Å². The number of hydrogen-bond acceptors (Lipinski definition) is 7. The van der Waals surface area contributed by atoms with Crippen molar-refractivity contribution in [3.63, 3.8) is 0 Å². The Bertz CT molecular complexity index is 1240. The van der Waals surface area contributed by atoms with Crippen molar-refractivity contribution in [2.75, 3.05) is 38.8 Å². The molecular weight excluding hydrogens is 484 g/mol. The minimum atomic E-state index is -0.207. The molecule has 2 aliphatic heterocycles. The van der Waals surface area contributed by atoms with Gasteiger partial charge in [0.1, 0.15) is 12.4 Å². The molecule has 1 amide bonds. The molecule has 1 saturated heterocycles. The van der Waals surface area contributed by atoms with E-state index in [2.05, 4.69) is 20.6 Å². The summed E-state index contributed by atoms with van der Waals surface area (Å²) in [6.07, 6.45) is 5.88. The van der Waals surface area contributed by atoms with Crippen LogP contribution in [0.25, 0.3) is 11.3 Å². The van der Waals surface area contributed by atoms with Crippen LogP contribution in [-0.4, -0.2) is 60.6 Å². The van der Waals surface area contributed by atoms with E-state index in [0.717, 1.165) is 30.7 Å². The molecule has 4 heterocycles. The summed E-state index contributed by atoms with van der Waals surface area (Å²) in [4.78, 5) is 20.9. The third-order valence-electron chi connectivity index (χ3n) is 6.58. The molecule has 0 aliphatic carbocycles. The Labute approximate surface area is 214 Å². The number of fused-ring (bicyclic) bond motifs is 1. The maximum absolute atomic E-state index is 13.1. The molecular formula is C26H29ClN4O5. The van der Waals surface area contributed by atoms with Gasteiger partial charge >= 0.3 is 0 Å². The summed E-state index contributed by atoms with van der Waals surface area (Å²) in [5.74, 6) is 0.761. The van der Waals surface area contributed by atoms with Crippen LogP contribution < -0.4 is 20.1 Å². The smallest absolute Gasteiger partial charge is 0.255 e. The molecule has 0 spiro atoms. The van der Waals surface area contributed by atoms with E-state index in [0.29, 0.717) is 58.7 Å². The lowest BCUT2D eigenvalue weighted by molar-refractivity contribution is 0.0680. The second-order valence-corrected chi connectivity index (χ2v) is 9.25. The molecule has 2 atom stereocenters. The minimum Gasteiger partial charge on any atom is -0.493 e. The van der Waals surface area contributed by atoms with Crippen LogP contribution in [0.2, 0.25) is 5.02 Å². The van der Waals surface area contributed by atoms with Gasteiger partial charge in [-0.1, -0.05) is 17.7 Å². The molecule has 1 aromatic carbocycles. The molecule has 0 radical (unpaired) electrons. The number of nitrogens with one attached hydrogen (secondary N) is 3. The van der Waals surface area contributed by atoms with Crippen LogP contribution in [0.5, 0.6) is 11.5 Å². The highest BCUT2D eigenvalue weighted by Gasteiger charge is 2.33. The van der Waals surface area contributed by atoms with Crippen LogP contribution in [0, 0.1) is 0 Å². The lowest BCUT2D eigenvalue weighted by Gasteiger charge is -2.23. The second kappa shape index (κ2) is 10.8. The van der Waals surface area contributed by atoms with Crippen LogP contribution >= 0.6 is 11.6 Å². The van der Waals surface area contributed by atoms with Gasteiger partial charge in [0.25, 0.3) is 5.91 Å². The number of aromatic amines is 1. The number of halogens is 1. The maximum Gasteiger partial charge on any atom is 0.255 e. The summed E-state index contributed by atoms with van der Waals surface area (Å²) < 4.78 is 17.4. The highest BCUT2D eigenvalue weighted by atomic mass is 35.5. The quantitative estimate of drug-likeness (QED) is 0.338. The van der Waals surface area contributed by atoms with E-state index in [-0.39, 0.29) is 24.5 Å². The number of carbonyl (C=O) groups excluding carboxylic acids is 1. The SMILES string of the molecule is COc1c(Cl)cccc1Nc1c(-c2ccncc2OC[C@@H]2CCCO2)[nH]c2c1C(=O)NC[C@@H]2CCO. The number of nitrogens with zero attached hydrogens (tertiary/aromatic N) is 1. The first-order chi connectivity index (χ1) is 17.6. The molecule has 5 rings (SSSR count). The summed E-state index contributed by atoms with van der Waals surface area (Å²) in [7, 11) is 1.55. The predicted molar refractivity (Wildman–Crippen MR) is 137 cm³/mol. The third kappa shape index (κ3) is 4.74. The molecule has 1 fully saturated rings. The van der Waals surface area contributed by atoms with Crippen molar-refractivity contribution >= 4 is 28.9 Å². The largest absolute Gasteiger partial charge is 0.493 e. The van der Waals surface area contributed by atoms with Crippen molar-refractivity contribution in [2.24, 2.45) is 0 Å². The minimum absolute atomic E-state index is 0.00418. The summed E-state index contributed by atoms with van der Waals surface area (Å²) in [6.45, 7) is 1.60. The zero-order chi connectivity index (χ0) is 25.1. The van der Waals surface area contributed by atoms with Crippen LogP contribution in [-0.2, 0) is 4.74 Å². The maximum atomic E-state index is 13.1. The molecule has 9 nitrogen and oxygen atoms in total. The van der Waals surface area contributed by atoms with E-state index >= 15 is 0 Å². The molecule has 10 heteroatoms. The fourth-order valence-corrected chi connectivity index (χ4v) is 5.06. The Morgan fingerprint density at radius 3 is 3.00 bits per heavy atom. The molecule has 0 saturated carbocycles. The van der Waals surface area contributed by atoms with E-state index in [1.54, 1.807) is 25.6 Å². The molecule has 2 aromatic heterocycles. The van der Waals surface area contributed by atoms with Gasteiger partial charge < -0.3 is 34.9 Å². The number of aliphatic hydroxyl groups is 1. The van der Waals surface area contributed by atoms with Gasteiger partial charge in [0.05, 0.1) is 47.1 Å². The number of para-hydroxylation sites is 1. The van der Waals surface area contributed by atoms with E-state index < -0.39 is 0 Å². The molecule has 36 heavy (non-hydrogen) atoms. The zero-order valence-corrected chi connectivity index (χ0v) is 20.7. The Kier molecular flexibility index (Phi) is 7.31. The number of rotatable bonds is 9. The van der Waals surface area contributed by atoms with E-state index in [1.165, 1.54) is 0 Å². The Hall–Kier alpha value is -3.27. The summed E-state index contributed by atoms with van der Waals surface area (Å²) in [5, 5.41) is 16.4. The first-order valence-corrected chi connectivity index (χ1v) is 12.4. The van der Waals surface area contributed by atoms with Gasteiger partial charge in [-0.25, -0.2) is 0 Å². The lowest BCUT2D eigenvalue weighted by Crippen LogP contribution is -2.35. The molecule has 4 N–H and O–H groups in total. The van der Waals surface area contributed by atoms with E-state index in [1.807, 2.05) is 18.2 Å². The summed E-state index contributed by atoms with van der Waals surface area (Å²) in [6, 6.07) is 7.23. The monoisotopic (exact) mass is 512 g/mol. The average Bonchev–Trinajstić information content (AvgIpc) is 3.54. The van der Waals surface area contributed by atoms with Crippen LogP contribution in [0.15, 0.2) is 36.7 Å². The van der Waals surface area contributed by atoms with E-state index in [4.69, 9.17) is 25.8 Å². The van der Waals surface area contributed by atoms with Crippen molar-refractivity contribution < 1.29 is 24.1 Å². The second-order valence-electron chi connectivity index (χ2n) is 8.85. The number of carbonyl (C=O) groups is 1. The Balaban J connectivity index is 1.62. The molecule has 190 valence electrons. The number of benzene rings is 1. The van der Waals surface area contributed by atoms with Gasteiger partial charge in [0.2, 0.25) is 0 Å². The number of anilines is 2. The van der Waals surface area contributed by atoms with Crippen molar-refractivity contribution in [3.05, 3.63) is 52.9 Å². The highest BCUT2D eigenvalue weighted by Crippen LogP contribution is 2.44. The van der Waals surface area contributed by atoms with Crippen molar-refractivity contribution in [3.8, 4) is 22.8 Å². The number of amides is 1. The third-order valence-corrected chi connectivity index (χ3v) is 6.88. The lowest BCUT2D eigenvalue weighted by atomic mass is 9.94. The Morgan fingerprint density at radius 2 is 2.22 bits per heavy atom. The average molecular weight is 513 g/mol. The number of aliphatic hydroxyl groups excluding tert-OH is 1. The molecule has 0 bridgehead atoms. The van der Waals surface area contributed by atoms with Crippen molar-refractivity contribution in [1.82, 2.24) is 15.3 Å². The number of ether oxygens (including phenoxy) is 3. The van der Waals surface area contributed by atoms with Gasteiger partial charge in [0.15, 0.2) is 5.75 Å². The zero-order valence-electron chi connectivity index (χ0n) is 20.0. The first-order valence-electron chi connectivity index (χ1n) is 12.0. The fraction of sp³-hybridized carbons (Fsp3) is 0.385. The highest BCUT2D eigenvalue weighted by molar-refractivity contribution is 6.32. The van der Waals surface area contributed by atoms with Gasteiger partial charge in [-0.15, -0.1) is 0 Å². The normalized spacial score (nSPS) is 19.0. The molecule has 0 unspecified atom stereocenters. The number of pyridine rings is 1. The van der Waals surface area contributed by atoms with Gasteiger partial charge in [-0.05, 0) is 37.5 Å². The predicted octanol–water partition coefficient (Wildman–Crippen LogP) is 4.25. The first kappa shape index (κ1) is 24.4. The van der Waals surface area contributed by atoms with Gasteiger partial charge in [-0.3, -0.25) is 9.78 Å². The number of hydrogen-bond donors (Lipinski definition) is 4. The molecule has 3 aromatic rings.